The van der Waals surface area contributed by atoms with Gasteiger partial charge in [0.1, 0.15) is 4.88 Å². The first kappa shape index (κ1) is 14.6. The third kappa shape index (κ3) is 3.25. The Morgan fingerprint density at radius 3 is 2.56 bits per heavy atom. The minimum absolute atomic E-state index is 0.0661. The Morgan fingerprint density at radius 1 is 1.44 bits per heavy atom. The van der Waals surface area contributed by atoms with Crippen molar-refractivity contribution in [2.75, 3.05) is 6.54 Å². The fraction of sp³-hybridized carbons (Fsp3) is 0.636. The molecule has 0 spiro atoms. The number of aliphatic carboxylic acids is 1. The van der Waals surface area contributed by atoms with Crippen molar-refractivity contribution in [2.24, 2.45) is 5.41 Å². The first-order valence-corrected chi connectivity index (χ1v) is 6.37. The van der Waals surface area contributed by atoms with Gasteiger partial charge in [-0.25, -0.2) is 0 Å². The SMILES string of the molecule is CC(C)c1nnsc1C(=O)NCC(C)(C)C(=O)O. The quantitative estimate of drug-likeness (QED) is 0.846. The molecule has 0 bridgehead atoms. The number of nitrogens with one attached hydrogen (secondary N) is 1. The van der Waals surface area contributed by atoms with Crippen LogP contribution in [0.1, 0.15) is 49.0 Å². The van der Waals surface area contributed by atoms with Crippen molar-refractivity contribution in [1.82, 2.24) is 14.9 Å². The van der Waals surface area contributed by atoms with E-state index in [-0.39, 0.29) is 18.4 Å². The lowest BCUT2D eigenvalue weighted by atomic mass is 9.94. The first-order chi connectivity index (χ1) is 8.25. The molecule has 0 radical (unpaired) electrons. The molecule has 0 fully saturated rings. The lowest BCUT2D eigenvalue weighted by molar-refractivity contribution is -0.146. The predicted molar refractivity (Wildman–Crippen MR) is 67.7 cm³/mol. The van der Waals surface area contributed by atoms with E-state index in [1.165, 1.54) is 0 Å². The number of amides is 1. The van der Waals surface area contributed by atoms with Crippen LogP contribution in [0.2, 0.25) is 0 Å². The van der Waals surface area contributed by atoms with E-state index in [0.29, 0.717) is 10.6 Å². The summed E-state index contributed by atoms with van der Waals surface area (Å²) in [4.78, 5) is 23.3. The average Bonchev–Trinajstić information content (AvgIpc) is 2.74. The van der Waals surface area contributed by atoms with Crippen LogP contribution in [0, 0.1) is 5.41 Å². The van der Waals surface area contributed by atoms with Crippen molar-refractivity contribution in [1.29, 1.82) is 0 Å². The molecule has 0 saturated heterocycles. The smallest absolute Gasteiger partial charge is 0.310 e. The van der Waals surface area contributed by atoms with Crippen LogP contribution >= 0.6 is 11.5 Å². The first-order valence-electron chi connectivity index (χ1n) is 5.59. The number of carbonyl (C=O) groups is 2. The maximum atomic E-state index is 11.9. The summed E-state index contributed by atoms with van der Waals surface area (Å²) in [5, 5.41) is 15.5. The Labute approximate surface area is 110 Å². The number of hydrogen-bond acceptors (Lipinski definition) is 5. The highest BCUT2D eigenvalue weighted by Gasteiger charge is 2.28. The van der Waals surface area contributed by atoms with Crippen molar-refractivity contribution < 1.29 is 14.7 Å². The lowest BCUT2D eigenvalue weighted by Gasteiger charge is -2.19. The third-order valence-corrected chi connectivity index (χ3v) is 3.28. The van der Waals surface area contributed by atoms with Crippen LogP contribution in [0.4, 0.5) is 0 Å². The molecule has 100 valence electrons. The Bertz CT molecular complexity index is 454. The third-order valence-electron chi connectivity index (χ3n) is 2.54. The second-order valence-electron chi connectivity index (χ2n) is 5.01. The van der Waals surface area contributed by atoms with Gasteiger partial charge in [0.2, 0.25) is 0 Å². The summed E-state index contributed by atoms with van der Waals surface area (Å²) in [5.74, 6) is -1.16. The second-order valence-corrected chi connectivity index (χ2v) is 5.77. The molecule has 1 amide bonds. The maximum absolute atomic E-state index is 11.9. The number of aromatic nitrogens is 2. The van der Waals surface area contributed by atoms with E-state index < -0.39 is 11.4 Å². The number of carboxylic acid groups (broad SMARTS) is 1. The molecule has 1 heterocycles. The summed E-state index contributed by atoms with van der Waals surface area (Å²) >= 11 is 1.02. The van der Waals surface area contributed by atoms with E-state index in [2.05, 4.69) is 14.9 Å². The molecule has 1 rings (SSSR count). The summed E-state index contributed by atoms with van der Waals surface area (Å²) in [6.45, 7) is 7.04. The molecule has 0 unspecified atom stereocenters. The standard InChI is InChI=1S/C11H17N3O3S/c1-6(2)7-8(18-14-13-7)9(15)12-5-11(3,4)10(16)17/h6H,5H2,1-4H3,(H,12,15)(H,16,17). The molecule has 1 aromatic heterocycles. The van der Waals surface area contributed by atoms with Crippen LogP contribution in [0.25, 0.3) is 0 Å². The summed E-state index contributed by atoms with van der Waals surface area (Å²) < 4.78 is 3.76. The van der Waals surface area contributed by atoms with Gasteiger partial charge in [-0.1, -0.05) is 18.3 Å². The molecule has 0 saturated carbocycles. The lowest BCUT2D eigenvalue weighted by Crippen LogP contribution is -2.38. The molecular formula is C11H17N3O3S. The highest BCUT2D eigenvalue weighted by molar-refractivity contribution is 7.08. The highest BCUT2D eigenvalue weighted by atomic mass is 32.1. The average molecular weight is 271 g/mol. The minimum atomic E-state index is -0.994. The Balaban J connectivity index is 2.72. The monoisotopic (exact) mass is 271 g/mol. The Hall–Kier alpha value is -1.50. The van der Waals surface area contributed by atoms with E-state index in [1.54, 1.807) is 13.8 Å². The molecular weight excluding hydrogens is 254 g/mol. The molecule has 7 heteroatoms. The summed E-state index contributed by atoms with van der Waals surface area (Å²) in [6.07, 6.45) is 0. The van der Waals surface area contributed by atoms with E-state index in [0.717, 1.165) is 11.5 Å². The van der Waals surface area contributed by atoms with Gasteiger partial charge in [-0.05, 0) is 31.3 Å². The van der Waals surface area contributed by atoms with Crippen molar-refractivity contribution in [2.45, 2.75) is 33.6 Å². The van der Waals surface area contributed by atoms with E-state index in [9.17, 15) is 9.59 Å². The molecule has 0 atom stereocenters. The van der Waals surface area contributed by atoms with Gasteiger partial charge < -0.3 is 10.4 Å². The molecule has 1 aromatic rings. The van der Waals surface area contributed by atoms with Crippen molar-refractivity contribution in [3.05, 3.63) is 10.6 Å². The number of carbonyl (C=O) groups excluding carboxylic acids is 1. The number of hydrogen-bond donors (Lipinski definition) is 2. The molecule has 0 aliphatic rings. The molecule has 18 heavy (non-hydrogen) atoms. The number of rotatable bonds is 5. The van der Waals surface area contributed by atoms with Crippen molar-refractivity contribution >= 4 is 23.4 Å². The molecule has 0 aliphatic carbocycles. The van der Waals surface area contributed by atoms with Crippen LogP contribution in [-0.4, -0.2) is 33.1 Å². The molecule has 0 aliphatic heterocycles. The van der Waals surface area contributed by atoms with E-state index in [4.69, 9.17) is 5.11 Å². The fourth-order valence-electron chi connectivity index (χ4n) is 1.19. The fourth-order valence-corrected chi connectivity index (χ4v) is 1.93. The van der Waals surface area contributed by atoms with Crippen LogP contribution < -0.4 is 5.32 Å². The van der Waals surface area contributed by atoms with Crippen molar-refractivity contribution in [3.63, 3.8) is 0 Å². The van der Waals surface area contributed by atoms with E-state index in [1.807, 2.05) is 13.8 Å². The topological polar surface area (TPSA) is 92.2 Å². The molecule has 2 N–H and O–H groups in total. The minimum Gasteiger partial charge on any atom is -0.481 e. The normalized spacial score (nSPS) is 11.6. The van der Waals surface area contributed by atoms with E-state index >= 15 is 0 Å². The van der Waals surface area contributed by atoms with Gasteiger partial charge in [0.15, 0.2) is 0 Å². The predicted octanol–water partition coefficient (Wildman–Crippen LogP) is 1.50. The van der Waals surface area contributed by atoms with Gasteiger partial charge in [0, 0.05) is 6.54 Å². The zero-order valence-electron chi connectivity index (χ0n) is 10.9. The van der Waals surface area contributed by atoms with Crippen LogP contribution in [-0.2, 0) is 4.79 Å². The Morgan fingerprint density at radius 2 is 2.06 bits per heavy atom. The Kier molecular flexibility index (Phi) is 4.39. The zero-order valence-corrected chi connectivity index (χ0v) is 11.7. The summed E-state index contributed by atoms with van der Waals surface area (Å²) in [5.41, 5.74) is -0.350. The van der Waals surface area contributed by atoms with Gasteiger partial charge in [0.25, 0.3) is 5.91 Å². The van der Waals surface area contributed by atoms with Gasteiger partial charge in [0.05, 0.1) is 11.1 Å². The van der Waals surface area contributed by atoms with Crippen LogP contribution in [0.3, 0.4) is 0 Å². The largest absolute Gasteiger partial charge is 0.481 e. The molecule has 0 aromatic carbocycles. The highest BCUT2D eigenvalue weighted by Crippen LogP contribution is 2.20. The van der Waals surface area contributed by atoms with Gasteiger partial charge in [-0.2, -0.15) is 0 Å². The van der Waals surface area contributed by atoms with Crippen molar-refractivity contribution in [3.8, 4) is 0 Å². The van der Waals surface area contributed by atoms with Gasteiger partial charge >= 0.3 is 5.97 Å². The van der Waals surface area contributed by atoms with Gasteiger partial charge in [-0.15, -0.1) is 5.10 Å². The second kappa shape index (κ2) is 5.43. The summed E-state index contributed by atoms with van der Waals surface area (Å²) in [6, 6.07) is 0. The molecule has 6 nitrogen and oxygen atoms in total. The zero-order chi connectivity index (χ0) is 13.9. The summed E-state index contributed by atoms with van der Waals surface area (Å²) in [7, 11) is 0. The number of nitrogens with zero attached hydrogens (tertiary/aromatic N) is 2. The number of carboxylic acids is 1. The van der Waals surface area contributed by atoms with Crippen LogP contribution in [0.15, 0.2) is 0 Å². The van der Waals surface area contributed by atoms with Crippen LogP contribution in [0.5, 0.6) is 0 Å². The maximum Gasteiger partial charge on any atom is 0.310 e. The van der Waals surface area contributed by atoms with Gasteiger partial charge in [-0.3, -0.25) is 9.59 Å².